The third kappa shape index (κ3) is 3.44. The number of hydrogen-bond donors (Lipinski definition) is 1. The van der Waals surface area contributed by atoms with Crippen LogP contribution in [-0.2, 0) is 0 Å². The molecule has 0 spiro atoms. The van der Waals surface area contributed by atoms with Gasteiger partial charge in [-0.15, -0.1) is 0 Å². The first-order valence-electron chi connectivity index (χ1n) is 7.22. The second-order valence-electron chi connectivity index (χ2n) is 6.07. The fourth-order valence-electron chi connectivity index (χ4n) is 3.00. The summed E-state index contributed by atoms with van der Waals surface area (Å²) in [7, 11) is 4.20. The molecule has 0 aliphatic heterocycles. The lowest BCUT2D eigenvalue weighted by Gasteiger charge is -2.36. The van der Waals surface area contributed by atoms with Gasteiger partial charge in [-0.25, -0.2) is 0 Å². The summed E-state index contributed by atoms with van der Waals surface area (Å²) in [5.41, 5.74) is 2.50. The summed E-state index contributed by atoms with van der Waals surface area (Å²) in [6.07, 6.45) is 4.00. The van der Waals surface area contributed by atoms with E-state index in [9.17, 15) is 0 Å². The van der Waals surface area contributed by atoms with Crippen molar-refractivity contribution in [3.8, 4) is 0 Å². The molecular weight excluding hydrogens is 300 g/mol. The van der Waals surface area contributed by atoms with Gasteiger partial charge in [0, 0.05) is 24.6 Å². The van der Waals surface area contributed by atoms with Gasteiger partial charge < -0.3 is 10.2 Å². The van der Waals surface area contributed by atoms with Gasteiger partial charge in [-0.05, 0) is 36.5 Å². The van der Waals surface area contributed by atoms with Crippen LogP contribution < -0.4 is 10.2 Å². The highest BCUT2D eigenvalue weighted by Crippen LogP contribution is 2.35. The molecule has 1 aromatic rings. The molecule has 3 atom stereocenters. The van der Waals surface area contributed by atoms with E-state index in [2.05, 4.69) is 72.3 Å². The Labute approximate surface area is 125 Å². The molecule has 19 heavy (non-hydrogen) atoms. The first kappa shape index (κ1) is 14.7. The largest absolute Gasteiger partial charge is 0.380 e. The van der Waals surface area contributed by atoms with E-state index in [1.165, 1.54) is 30.6 Å². The molecule has 0 aromatic heterocycles. The van der Waals surface area contributed by atoms with Crippen molar-refractivity contribution in [2.75, 3.05) is 24.3 Å². The second-order valence-corrected chi connectivity index (χ2v) is 6.99. The summed E-state index contributed by atoms with van der Waals surface area (Å²) in [6.45, 7) is 4.76. The lowest BCUT2D eigenvalue weighted by molar-refractivity contribution is 0.253. The average Bonchev–Trinajstić information content (AvgIpc) is 2.35. The fourth-order valence-corrected chi connectivity index (χ4v) is 3.36. The molecule has 1 fully saturated rings. The van der Waals surface area contributed by atoms with Gasteiger partial charge in [-0.3, -0.25) is 0 Å². The van der Waals surface area contributed by atoms with Crippen molar-refractivity contribution in [3.05, 3.63) is 22.7 Å². The maximum absolute atomic E-state index is 3.78. The topological polar surface area (TPSA) is 15.3 Å². The van der Waals surface area contributed by atoms with Crippen molar-refractivity contribution in [1.82, 2.24) is 0 Å². The Balaban J connectivity index is 2.20. The minimum absolute atomic E-state index is 0.594. The van der Waals surface area contributed by atoms with E-state index < -0.39 is 0 Å². The molecule has 3 heteroatoms. The normalized spacial score (nSPS) is 27.1. The number of anilines is 2. The summed E-state index contributed by atoms with van der Waals surface area (Å²) >= 11 is 3.58. The zero-order valence-electron chi connectivity index (χ0n) is 12.4. The summed E-state index contributed by atoms with van der Waals surface area (Å²) in [5.74, 6) is 1.56. The Bertz CT molecular complexity index is 431. The number of nitrogens with zero attached hydrogens (tertiary/aromatic N) is 1. The predicted molar refractivity (Wildman–Crippen MR) is 88.1 cm³/mol. The number of nitrogens with one attached hydrogen (secondary N) is 1. The highest BCUT2D eigenvalue weighted by molar-refractivity contribution is 9.10. The van der Waals surface area contributed by atoms with Crippen LogP contribution in [0.1, 0.15) is 33.1 Å². The quantitative estimate of drug-likeness (QED) is 0.862. The van der Waals surface area contributed by atoms with E-state index in [4.69, 9.17) is 0 Å². The van der Waals surface area contributed by atoms with Gasteiger partial charge in [0.25, 0.3) is 0 Å². The standard InChI is InChI=1S/C16H25BrN2/c1-11-6-5-7-14(12(11)2)18-15-10-13(17)8-9-16(15)19(3)4/h8-12,14,18H,5-7H2,1-4H3. The molecular formula is C16H25BrN2. The molecule has 1 saturated carbocycles. The molecule has 0 radical (unpaired) electrons. The van der Waals surface area contributed by atoms with Crippen molar-refractivity contribution in [2.45, 2.75) is 39.2 Å². The lowest BCUT2D eigenvalue weighted by Crippen LogP contribution is -2.35. The molecule has 0 amide bonds. The average molecular weight is 325 g/mol. The SMILES string of the molecule is CC1CCCC(Nc2cc(Br)ccc2N(C)C)C1C. The minimum Gasteiger partial charge on any atom is -0.380 e. The number of halogens is 1. The van der Waals surface area contributed by atoms with Crippen LogP contribution in [0.2, 0.25) is 0 Å². The monoisotopic (exact) mass is 324 g/mol. The van der Waals surface area contributed by atoms with E-state index in [-0.39, 0.29) is 0 Å². The Morgan fingerprint density at radius 3 is 2.63 bits per heavy atom. The van der Waals surface area contributed by atoms with Gasteiger partial charge in [0.15, 0.2) is 0 Å². The van der Waals surface area contributed by atoms with E-state index in [1.807, 2.05) is 0 Å². The summed E-state index contributed by atoms with van der Waals surface area (Å²) in [5, 5.41) is 3.78. The number of rotatable bonds is 3. The molecule has 2 rings (SSSR count). The van der Waals surface area contributed by atoms with Gasteiger partial charge in [0.1, 0.15) is 0 Å². The van der Waals surface area contributed by atoms with Crippen molar-refractivity contribution >= 4 is 27.3 Å². The smallest absolute Gasteiger partial charge is 0.0597 e. The van der Waals surface area contributed by atoms with Crippen LogP contribution in [0.4, 0.5) is 11.4 Å². The first-order chi connectivity index (χ1) is 8.99. The van der Waals surface area contributed by atoms with Crippen molar-refractivity contribution in [2.24, 2.45) is 11.8 Å². The zero-order chi connectivity index (χ0) is 14.0. The Kier molecular flexibility index (Phi) is 4.77. The molecule has 3 unspecified atom stereocenters. The van der Waals surface area contributed by atoms with Crippen LogP contribution in [0.3, 0.4) is 0 Å². The van der Waals surface area contributed by atoms with Gasteiger partial charge in [0.05, 0.1) is 11.4 Å². The molecule has 0 saturated heterocycles. The van der Waals surface area contributed by atoms with Crippen molar-refractivity contribution < 1.29 is 0 Å². The molecule has 2 nitrogen and oxygen atoms in total. The van der Waals surface area contributed by atoms with E-state index in [0.29, 0.717) is 6.04 Å². The zero-order valence-corrected chi connectivity index (χ0v) is 14.0. The Morgan fingerprint density at radius 1 is 1.21 bits per heavy atom. The molecule has 1 N–H and O–H groups in total. The number of benzene rings is 1. The summed E-state index contributed by atoms with van der Waals surface area (Å²) < 4.78 is 1.14. The maximum Gasteiger partial charge on any atom is 0.0597 e. The Morgan fingerprint density at radius 2 is 1.95 bits per heavy atom. The minimum atomic E-state index is 0.594. The highest BCUT2D eigenvalue weighted by Gasteiger charge is 2.27. The third-order valence-electron chi connectivity index (χ3n) is 4.49. The molecule has 106 valence electrons. The molecule has 1 aliphatic carbocycles. The van der Waals surface area contributed by atoms with Crippen LogP contribution in [0.25, 0.3) is 0 Å². The lowest BCUT2D eigenvalue weighted by atomic mass is 9.78. The second kappa shape index (κ2) is 6.17. The molecule has 0 bridgehead atoms. The van der Waals surface area contributed by atoms with Crippen molar-refractivity contribution in [1.29, 1.82) is 0 Å². The predicted octanol–water partition coefficient (Wildman–Crippen LogP) is 4.75. The van der Waals surface area contributed by atoms with Crippen LogP contribution in [-0.4, -0.2) is 20.1 Å². The molecule has 1 aliphatic rings. The van der Waals surface area contributed by atoms with E-state index in [0.717, 1.165) is 16.3 Å². The van der Waals surface area contributed by atoms with Gasteiger partial charge in [-0.1, -0.05) is 42.6 Å². The summed E-state index contributed by atoms with van der Waals surface area (Å²) in [6, 6.07) is 7.06. The highest BCUT2D eigenvalue weighted by atomic mass is 79.9. The fraction of sp³-hybridized carbons (Fsp3) is 0.625. The van der Waals surface area contributed by atoms with Gasteiger partial charge in [-0.2, -0.15) is 0 Å². The van der Waals surface area contributed by atoms with Crippen LogP contribution in [0, 0.1) is 11.8 Å². The van der Waals surface area contributed by atoms with Gasteiger partial charge in [0.2, 0.25) is 0 Å². The van der Waals surface area contributed by atoms with Gasteiger partial charge >= 0.3 is 0 Å². The van der Waals surface area contributed by atoms with Crippen LogP contribution >= 0.6 is 15.9 Å². The Hall–Kier alpha value is -0.700. The third-order valence-corrected chi connectivity index (χ3v) is 4.98. The summed E-state index contributed by atoms with van der Waals surface area (Å²) in [4.78, 5) is 2.17. The van der Waals surface area contributed by atoms with E-state index >= 15 is 0 Å². The van der Waals surface area contributed by atoms with Crippen LogP contribution in [0.5, 0.6) is 0 Å². The molecule has 1 aromatic carbocycles. The van der Waals surface area contributed by atoms with Crippen LogP contribution in [0.15, 0.2) is 22.7 Å². The molecule has 0 heterocycles. The van der Waals surface area contributed by atoms with E-state index in [1.54, 1.807) is 0 Å². The number of hydrogen-bond acceptors (Lipinski definition) is 2. The van der Waals surface area contributed by atoms with Crippen molar-refractivity contribution in [3.63, 3.8) is 0 Å². The first-order valence-corrected chi connectivity index (χ1v) is 8.01. The maximum atomic E-state index is 3.78.